The molecule has 1 aromatic carbocycles. The lowest BCUT2D eigenvalue weighted by Gasteiger charge is -2.38. The van der Waals surface area contributed by atoms with Crippen molar-refractivity contribution in [2.45, 2.75) is 31.7 Å². The number of hydrogen-bond acceptors (Lipinski definition) is 3. The first-order chi connectivity index (χ1) is 7.19. The van der Waals surface area contributed by atoms with Crippen molar-refractivity contribution < 1.29 is 10.2 Å². The van der Waals surface area contributed by atoms with Crippen molar-refractivity contribution in [3.05, 3.63) is 23.8 Å². The second-order valence-corrected chi connectivity index (χ2v) is 4.26. The molecule has 0 aliphatic carbocycles. The first-order valence-corrected chi connectivity index (χ1v) is 5.40. The average Bonchev–Trinajstić information content (AvgIpc) is 2.28. The van der Waals surface area contributed by atoms with Crippen LogP contribution in [0.3, 0.4) is 0 Å². The smallest absolute Gasteiger partial charge is 0.117 e. The molecule has 1 aliphatic rings. The van der Waals surface area contributed by atoms with Crippen LogP contribution < -0.4 is 5.32 Å². The maximum atomic E-state index is 9.41. The summed E-state index contributed by atoms with van der Waals surface area (Å²) in [7, 11) is 0. The van der Waals surface area contributed by atoms with E-state index in [9.17, 15) is 10.2 Å². The molecule has 3 nitrogen and oxygen atoms in total. The zero-order valence-corrected chi connectivity index (χ0v) is 8.95. The van der Waals surface area contributed by atoms with Crippen LogP contribution in [0, 0.1) is 0 Å². The van der Waals surface area contributed by atoms with Gasteiger partial charge in [0.1, 0.15) is 5.75 Å². The second-order valence-electron chi connectivity index (χ2n) is 4.26. The molecule has 0 amide bonds. The van der Waals surface area contributed by atoms with Gasteiger partial charge in [0.05, 0.1) is 12.1 Å². The number of aryl methyl sites for hydroxylation is 1. The summed E-state index contributed by atoms with van der Waals surface area (Å²) in [5.41, 5.74) is 1.96. The number of anilines is 1. The molecule has 1 heterocycles. The minimum absolute atomic E-state index is 0.137. The van der Waals surface area contributed by atoms with Gasteiger partial charge in [-0.1, -0.05) is 13.0 Å². The van der Waals surface area contributed by atoms with E-state index in [4.69, 9.17) is 0 Å². The molecule has 3 heteroatoms. The number of nitrogens with one attached hydrogen (secondary N) is 1. The Morgan fingerprint density at radius 3 is 2.93 bits per heavy atom. The van der Waals surface area contributed by atoms with Crippen LogP contribution >= 0.6 is 0 Å². The van der Waals surface area contributed by atoms with Crippen molar-refractivity contribution in [3.8, 4) is 5.75 Å². The minimum atomic E-state index is -0.208. The molecule has 0 bridgehead atoms. The Hall–Kier alpha value is -1.22. The molecular formula is C12H17NO2. The zero-order valence-electron chi connectivity index (χ0n) is 8.95. The topological polar surface area (TPSA) is 52.5 Å². The minimum Gasteiger partial charge on any atom is -0.508 e. The number of benzene rings is 1. The summed E-state index contributed by atoms with van der Waals surface area (Å²) in [6.07, 6.45) is 2.79. The van der Waals surface area contributed by atoms with E-state index < -0.39 is 0 Å². The van der Waals surface area contributed by atoms with Gasteiger partial charge in [-0.25, -0.2) is 0 Å². The van der Waals surface area contributed by atoms with Crippen molar-refractivity contribution in [1.29, 1.82) is 0 Å². The fourth-order valence-electron chi connectivity index (χ4n) is 2.12. The van der Waals surface area contributed by atoms with E-state index in [1.165, 1.54) is 5.56 Å². The Morgan fingerprint density at radius 2 is 2.27 bits per heavy atom. The number of aromatic hydroxyl groups is 1. The maximum Gasteiger partial charge on any atom is 0.117 e. The molecule has 0 spiro atoms. The van der Waals surface area contributed by atoms with Crippen LogP contribution in [0.5, 0.6) is 5.75 Å². The lowest BCUT2D eigenvalue weighted by molar-refractivity contribution is 0.195. The summed E-state index contributed by atoms with van der Waals surface area (Å²) in [6.45, 7) is 2.20. The van der Waals surface area contributed by atoms with Crippen LogP contribution in [-0.2, 0) is 6.42 Å². The lowest BCUT2D eigenvalue weighted by Crippen LogP contribution is -2.44. The zero-order chi connectivity index (χ0) is 10.9. The summed E-state index contributed by atoms with van der Waals surface area (Å²) in [6, 6.07) is 5.38. The van der Waals surface area contributed by atoms with E-state index in [-0.39, 0.29) is 17.9 Å². The highest BCUT2D eigenvalue weighted by Gasteiger charge is 2.31. The van der Waals surface area contributed by atoms with Crippen molar-refractivity contribution >= 4 is 5.69 Å². The Balaban J connectivity index is 2.32. The number of fused-ring (bicyclic) bond motifs is 1. The van der Waals surface area contributed by atoms with Gasteiger partial charge >= 0.3 is 0 Å². The van der Waals surface area contributed by atoms with E-state index in [0.29, 0.717) is 0 Å². The first-order valence-electron chi connectivity index (χ1n) is 5.40. The summed E-state index contributed by atoms with van der Waals surface area (Å²) >= 11 is 0. The van der Waals surface area contributed by atoms with Crippen molar-refractivity contribution in [2.75, 3.05) is 11.9 Å². The van der Waals surface area contributed by atoms with Gasteiger partial charge < -0.3 is 15.5 Å². The molecule has 0 aromatic heterocycles. The van der Waals surface area contributed by atoms with Crippen LogP contribution in [0.25, 0.3) is 0 Å². The van der Waals surface area contributed by atoms with Crippen molar-refractivity contribution in [3.63, 3.8) is 0 Å². The largest absolute Gasteiger partial charge is 0.508 e. The number of aliphatic hydroxyl groups excluding tert-OH is 1. The molecule has 0 saturated heterocycles. The predicted molar refractivity (Wildman–Crippen MR) is 60.2 cm³/mol. The molecule has 15 heavy (non-hydrogen) atoms. The van der Waals surface area contributed by atoms with Gasteiger partial charge in [-0.3, -0.25) is 0 Å². The number of rotatable bonds is 2. The van der Waals surface area contributed by atoms with Gasteiger partial charge in [-0.2, -0.15) is 0 Å². The highest BCUT2D eigenvalue weighted by Crippen LogP contribution is 2.34. The molecule has 1 unspecified atom stereocenters. The Kier molecular flexibility index (Phi) is 2.57. The van der Waals surface area contributed by atoms with Gasteiger partial charge in [0, 0.05) is 11.8 Å². The third-order valence-electron chi connectivity index (χ3n) is 3.35. The molecule has 82 valence electrons. The summed E-state index contributed by atoms with van der Waals surface area (Å²) in [5.74, 6) is 0.270. The Labute approximate surface area is 89.8 Å². The molecule has 1 aromatic rings. The molecule has 1 aliphatic heterocycles. The normalized spacial score (nSPS) is 24.4. The molecule has 1 atom stereocenters. The fourth-order valence-corrected chi connectivity index (χ4v) is 2.12. The van der Waals surface area contributed by atoms with Gasteiger partial charge in [-0.15, -0.1) is 0 Å². The van der Waals surface area contributed by atoms with E-state index in [1.54, 1.807) is 12.1 Å². The van der Waals surface area contributed by atoms with Crippen LogP contribution in [0.2, 0.25) is 0 Å². The summed E-state index contributed by atoms with van der Waals surface area (Å²) in [5, 5.41) is 22.2. The van der Waals surface area contributed by atoms with E-state index >= 15 is 0 Å². The van der Waals surface area contributed by atoms with Gasteiger partial charge in [0.15, 0.2) is 0 Å². The highest BCUT2D eigenvalue weighted by molar-refractivity contribution is 5.58. The molecule has 0 fully saturated rings. The highest BCUT2D eigenvalue weighted by atomic mass is 16.3. The van der Waals surface area contributed by atoms with Crippen LogP contribution in [0.1, 0.15) is 25.3 Å². The van der Waals surface area contributed by atoms with Gasteiger partial charge in [-0.05, 0) is 30.9 Å². The van der Waals surface area contributed by atoms with Crippen LogP contribution in [-0.4, -0.2) is 22.4 Å². The Bertz CT molecular complexity index is 359. The SMILES string of the molecule is CCC1(CO)CCc2ccc(O)cc2N1. The number of aliphatic hydroxyl groups is 1. The molecule has 0 radical (unpaired) electrons. The molecule has 2 rings (SSSR count). The predicted octanol–water partition coefficient (Wildman–Crippen LogP) is 1.89. The summed E-state index contributed by atoms with van der Waals surface area (Å²) in [4.78, 5) is 0. The third kappa shape index (κ3) is 1.79. The van der Waals surface area contributed by atoms with Gasteiger partial charge in [0.25, 0.3) is 0 Å². The first kappa shape index (κ1) is 10.3. The number of hydrogen-bond donors (Lipinski definition) is 3. The van der Waals surface area contributed by atoms with Crippen molar-refractivity contribution in [1.82, 2.24) is 0 Å². The third-order valence-corrected chi connectivity index (χ3v) is 3.35. The van der Waals surface area contributed by atoms with Crippen LogP contribution in [0.4, 0.5) is 5.69 Å². The summed E-state index contributed by atoms with van der Waals surface area (Å²) < 4.78 is 0. The van der Waals surface area contributed by atoms with Crippen LogP contribution in [0.15, 0.2) is 18.2 Å². The fraction of sp³-hybridized carbons (Fsp3) is 0.500. The average molecular weight is 207 g/mol. The van der Waals surface area contributed by atoms with E-state index in [2.05, 4.69) is 12.2 Å². The molecule has 0 saturated carbocycles. The van der Waals surface area contributed by atoms with Gasteiger partial charge in [0.2, 0.25) is 0 Å². The monoisotopic (exact) mass is 207 g/mol. The standard InChI is InChI=1S/C12H17NO2/c1-2-12(8-14)6-5-9-3-4-10(15)7-11(9)13-12/h3-4,7,13-15H,2,5-6,8H2,1H3. The molecular weight excluding hydrogens is 190 g/mol. The lowest BCUT2D eigenvalue weighted by atomic mass is 9.85. The molecule has 3 N–H and O–H groups in total. The second kappa shape index (κ2) is 3.74. The Morgan fingerprint density at radius 1 is 1.47 bits per heavy atom. The quantitative estimate of drug-likeness (QED) is 0.694. The maximum absolute atomic E-state index is 9.41. The van der Waals surface area contributed by atoms with E-state index in [1.807, 2.05) is 6.07 Å². The van der Waals surface area contributed by atoms with E-state index in [0.717, 1.165) is 24.9 Å². The number of phenols is 1. The van der Waals surface area contributed by atoms with Crippen molar-refractivity contribution in [2.24, 2.45) is 0 Å². The number of phenolic OH excluding ortho intramolecular Hbond substituents is 1.